The molecule has 0 bridgehead atoms. The zero-order chi connectivity index (χ0) is 16.6. The number of aromatic nitrogens is 3. The van der Waals surface area contributed by atoms with Crippen LogP contribution in [0.4, 0.5) is 13.2 Å². The first-order valence-corrected chi connectivity index (χ1v) is 6.57. The number of alkyl halides is 3. The van der Waals surface area contributed by atoms with Gasteiger partial charge in [-0.15, -0.1) is 0 Å². The fourth-order valence-corrected chi connectivity index (χ4v) is 2.26. The van der Waals surface area contributed by atoms with Crippen LogP contribution in [0.3, 0.4) is 0 Å². The summed E-state index contributed by atoms with van der Waals surface area (Å²) in [5.41, 5.74) is 0.868. The minimum absolute atomic E-state index is 0.0680. The van der Waals surface area contributed by atoms with Crippen molar-refractivity contribution in [1.82, 2.24) is 14.5 Å². The minimum Gasteiger partial charge on any atom is -0.478 e. The lowest BCUT2D eigenvalue weighted by molar-refractivity contribution is -0.146. The third-order valence-corrected chi connectivity index (χ3v) is 3.30. The van der Waals surface area contributed by atoms with Crippen LogP contribution in [0.25, 0.3) is 11.2 Å². The predicted octanol–water partition coefficient (Wildman–Crippen LogP) is 3.20. The van der Waals surface area contributed by atoms with Crippen LogP contribution in [0.2, 0.25) is 0 Å². The smallest absolute Gasteiger partial charge is 0.449 e. The highest BCUT2D eigenvalue weighted by molar-refractivity contribution is 5.87. The molecule has 0 aliphatic heterocycles. The Morgan fingerprint density at radius 2 is 1.87 bits per heavy atom. The lowest BCUT2D eigenvalue weighted by atomic mass is 10.1. The molecule has 0 spiro atoms. The van der Waals surface area contributed by atoms with E-state index in [1.165, 1.54) is 42.6 Å². The Bertz CT molecular complexity index is 870. The van der Waals surface area contributed by atoms with E-state index in [9.17, 15) is 18.0 Å². The van der Waals surface area contributed by atoms with E-state index >= 15 is 0 Å². The molecule has 1 aromatic carbocycles. The average molecular weight is 321 g/mol. The maximum Gasteiger partial charge on any atom is 0.449 e. The van der Waals surface area contributed by atoms with Gasteiger partial charge in [-0.2, -0.15) is 13.2 Å². The van der Waals surface area contributed by atoms with Crippen LogP contribution >= 0.6 is 0 Å². The quantitative estimate of drug-likeness (QED) is 0.804. The van der Waals surface area contributed by atoms with Crippen molar-refractivity contribution in [3.8, 4) is 0 Å². The molecular formula is C15H10F3N3O2. The number of benzene rings is 1. The number of carbonyl (C=O) groups is 1. The largest absolute Gasteiger partial charge is 0.478 e. The van der Waals surface area contributed by atoms with Crippen LogP contribution in [0.1, 0.15) is 21.7 Å². The fraction of sp³-hybridized carbons (Fsp3) is 0.133. The first-order valence-electron chi connectivity index (χ1n) is 6.57. The standard InChI is InChI=1S/C15H10F3N3O2/c16-15(17,18)14-20-11-2-1-7-19-12(11)21(14)8-9-3-5-10(6-4-9)13(22)23/h1-7H,8H2,(H,22,23). The first kappa shape index (κ1) is 15.0. The summed E-state index contributed by atoms with van der Waals surface area (Å²) in [7, 11) is 0. The third-order valence-electron chi connectivity index (χ3n) is 3.30. The van der Waals surface area contributed by atoms with E-state index in [0.717, 1.165) is 4.57 Å². The van der Waals surface area contributed by atoms with Crippen molar-refractivity contribution in [3.63, 3.8) is 0 Å². The number of carboxylic acid groups (broad SMARTS) is 1. The number of aromatic carboxylic acids is 1. The van der Waals surface area contributed by atoms with E-state index in [1.54, 1.807) is 0 Å². The molecule has 23 heavy (non-hydrogen) atoms. The number of carboxylic acids is 1. The highest BCUT2D eigenvalue weighted by atomic mass is 19.4. The summed E-state index contributed by atoms with van der Waals surface area (Å²) in [4.78, 5) is 18.4. The predicted molar refractivity (Wildman–Crippen MR) is 75.0 cm³/mol. The van der Waals surface area contributed by atoms with Crippen molar-refractivity contribution in [2.24, 2.45) is 0 Å². The van der Waals surface area contributed by atoms with E-state index in [0.29, 0.717) is 5.56 Å². The molecular weight excluding hydrogens is 311 g/mol. The molecule has 2 heterocycles. The SMILES string of the molecule is O=C(O)c1ccc(Cn2c(C(F)(F)F)nc3cccnc32)cc1. The van der Waals surface area contributed by atoms with Gasteiger partial charge in [0.2, 0.25) is 5.82 Å². The topological polar surface area (TPSA) is 68.0 Å². The molecule has 0 atom stereocenters. The van der Waals surface area contributed by atoms with Gasteiger partial charge in [0, 0.05) is 6.20 Å². The van der Waals surface area contributed by atoms with Gasteiger partial charge in [0.15, 0.2) is 5.65 Å². The van der Waals surface area contributed by atoms with E-state index in [2.05, 4.69) is 9.97 Å². The van der Waals surface area contributed by atoms with E-state index in [4.69, 9.17) is 5.11 Å². The Hall–Kier alpha value is -2.90. The summed E-state index contributed by atoms with van der Waals surface area (Å²) in [6.45, 7) is -0.109. The summed E-state index contributed by atoms with van der Waals surface area (Å²) < 4.78 is 40.5. The highest BCUT2D eigenvalue weighted by Crippen LogP contribution is 2.31. The second kappa shape index (κ2) is 5.38. The summed E-state index contributed by atoms with van der Waals surface area (Å²) in [6, 6.07) is 8.61. The molecule has 3 aromatic rings. The highest BCUT2D eigenvalue weighted by Gasteiger charge is 2.37. The number of fused-ring (bicyclic) bond motifs is 1. The second-order valence-corrected chi connectivity index (χ2v) is 4.87. The Balaban J connectivity index is 2.06. The number of pyridine rings is 1. The van der Waals surface area contributed by atoms with Crippen LogP contribution in [0.15, 0.2) is 42.6 Å². The van der Waals surface area contributed by atoms with Gasteiger partial charge in [0.25, 0.3) is 0 Å². The maximum absolute atomic E-state index is 13.2. The molecule has 0 aliphatic carbocycles. The summed E-state index contributed by atoms with van der Waals surface area (Å²) in [5, 5.41) is 8.85. The van der Waals surface area contributed by atoms with E-state index in [1.807, 2.05) is 0 Å². The van der Waals surface area contributed by atoms with E-state index in [-0.39, 0.29) is 23.3 Å². The van der Waals surface area contributed by atoms with Gasteiger partial charge in [0.1, 0.15) is 5.52 Å². The van der Waals surface area contributed by atoms with E-state index < -0.39 is 18.0 Å². The zero-order valence-electron chi connectivity index (χ0n) is 11.6. The molecule has 0 aliphatic rings. The molecule has 118 valence electrons. The Morgan fingerprint density at radius 3 is 2.48 bits per heavy atom. The Labute approximate surface area is 128 Å². The van der Waals surface area contributed by atoms with Crippen LogP contribution < -0.4 is 0 Å². The van der Waals surface area contributed by atoms with Gasteiger partial charge in [-0.3, -0.25) is 0 Å². The van der Waals surface area contributed by atoms with Crippen molar-refractivity contribution < 1.29 is 23.1 Å². The average Bonchev–Trinajstić information content (AvgIpc) is 2.87. The number of imidazole rings is 1. The molecule has 0 saturated heterocycles. The summed E-state index contributed by atoms with van der Waals surface area (Å²) in [5.74, 6) is -2.13. The minimum atomic E-state index is -4.61. The van der Waals surface area contributed by atoms with Crippen molar-refractivity contribution in [1.29, 1.82) is 0 Å². The van der Waals surface area contributed by atoms with Crippen molar-refractivity contribution in [3.05, 3.63) is 59.5 Å². The first-order chi connectivity index (χ1) is 10.9. The van der Waals surface area contributed by atoms with Gasteiger partial charge < -0.3 is 9.67 Å². The molecule has 0 saturated carbocycles. The zero-order valence-corrected chi connectivity index (χ0v) is 11.6. The molecule has 2 aromatic heterocycles. The number of rotatable bonds is 3. The number of hydrogen-bond acceptors (Lipinski definition) is 3. The molecule has 0 unspecified atom stereocenters. The van der Waals surface area contributed by atoms with Crippen LogP contribution in [0.5, 0.6) is 0 Å². The van der Waals surface area contributed by atoms with Crippen LogP contribution in [0, 0.1) is 0 Å². The molecule has 1 N–H and O–H groups in total. The lowest BCUT2D eigenvalue weighted by Crippen LogP contribution is -2.16. The summed E-state index contributed by atoms with van der Waals surface area (Å²) >= 11 is 0. The molecule has 5 nitrogen and oxygen atoms in total. The molecule has 0 amide bonds. The molecule has 3 rings (SSSR count). The maximum atomic E-state index is 13.2. The van der Waals surface area contributed by atoms with Gasteiger partial charge in [0.05, 0.1) is 12.1 Å². The van der Waals surface area contributed by atoms with Gasteiger partial charge in [-0.05, 0) is 29.8 Å². The lowest BCUT2D eigenvalue weighted by Gasteiger charge is -2.11. The molecule has 0 radical (unpaired) electrons. The van der Waals surface area contributed by atoms with Crippen molar-refractivity contribution in [2.75, 3.05) is 0 Å². The number of halogens is 3. The normalized spacial score (nSPS) is 11.8. The number of hydrogen-bond donors (Lipinski definition) is 1. The third kappa shape index (κ3) is 2.87. The number of nitrogens with zero attached hydrogens (tertiary/aromatic N) is 3. The van der Waals surface area contributed by atoms with Gasteiger partial charge in [-0.1, -0.05) is 12.1 Å². The monoisotopic (exact) mass is 321 g/mol. The van der Waals surface area contributed by atoms with Crippen LogP contribution in [-0.2, 0) is 12.7 Å². The fourth-order valence-electron chi connectivity index (χ4n) is 2.26. The summed E-state index contributed by atoms with van der Waals surface area (Å²) in [6.07, 6.45) is -3.21. The van der Waals surface area contributed by atoms with Crippen molar-refractivity contribution >= 4 is 17.1 Å². The molecule has 0 fully saturated rings. The Morgan fingerprint density at radius 1 is 1.17 bits per heavy atom. The van der Waals surface area contributed by atoms with Crippen LogP contribution in [-0.4, -0.2) is 25.6 Å². The van der Waals surface area contributed by atoms with Crippen molar-refractivity contribution in [2.45, 2.75) is 12.7 Å². The van der Waals surface area contributed by atoms with Gasteiger partial charge in [-0.25, -0.2) is 14.8 Å². The van der Waals surface area contributed by atoms with Gasteiger partial charge >= 0.3 is 12.1 Å². The molecule has 8 heteroatoms. The second-order valence-electron chi connectivity index (χ2n) is 4.87. The Kier molecular flexibility index (Phi) is 3.51.